The molecule has 1 aromatic carbocycles. The van der Waals surface area contributed by atoms with Gasteiger partial charge < -0.3 is 5.32 Å². The molecule has 0 radical (unpaired) electrons. The minimum atomic E-state index is 0.494. The van der Waals surface area contributed by atoms with Crippen LogP contribution in [0.25, 0.3) is 0 Å². The Balaban J connectivity index is 1.71. The summed E-state index contributed by atoms with van der Waals surface area (Å²) >= 11 is 1.78. The molecule has 2 heterocycles. The second kappa shape index (κ2) is 5.21. The van der Waals surface area contributed by atoms with Gasteiger partial charge in [0.2, 0.25) is 0 Å². The molecule has 3 rings (SSSR count). The summed E-state index contributed by atoms with van der Waals surface area (Å²) in [6.45, 7) is 3.26. The van der Waals surface area contributed by atoms with Crippen molar-refractivity contribution in [1.82, 2.24) is 10.3 Å². The highest BCUT2D eigenvalue weighted by atomic mass is 32.1. The molecule has 3 heteroatoms. The van der Waals surface area contributed by atoms with Crippen molar-refractivity contribution in [3.8, 4) is 0 Å². The lowest BCUT2D eigenvalue weighted by Gasteiger charge is -2.05. The van der Waals surface area contributed by atoms with Crippen molar-refractivity contribution >= 4 is 11.3 Å². The molecule has 94 valence electrons. The smallest absolute Gasteiger partial charge is 0.0972 e. The van der Waals surface area contributed by atoms with E-state index >= 15 is 0 Å². The number of aromatic nitrogens is 1. The van der Waals surface area contributed by atoms with Gasteiger partial charge >= 0.3 is 0 Å². The van der Waals surface area contributed by atoms with Crippen LogP contribution in [0, 0.1) is 6.92 Å². The molecular weight excluding hydrogens is 240 g/mol. The van der Waals surface area contributed by atoms with E-state index in [9.17, 15) is 0 Å². The van der Waals surface area contributed by atoms with Gasteiger partial charge in [0.1, 0.15) is 0 Å². The van der Waals surface area contributed by atoms with Gasteiger partial charge in [-0.1, -0.05) is 29.8 Å². The maximum Gasteiger partial charge on any atom is 0.0972 e. The van der Waals surface area contributed by atoms with Crippen molar-refractivity contribution in [3.63, 3.8) is 0 Å². The fourth-order valence-corrected chi connectivity index (χ4v) is 3.27. The first-order valence-electron chi connectivity index (χ1n) is 6.54. The van der Waals surface area contributed by atoms with E-state index in [0.29, 0.717) is 6.04 Å². The van der Waals surface area contributed by atoms with E-state index in [2.05, 4.69) is 41.9 Å². The normalized spacial score (nSPS) is 19.3. The fraction of sp³-hybridized carbons (Fsp3) is 0.400. The predicted molar refractivity (Wildman–Crippen MR) is 76.1 cm³/mol. The Labute approximate surface area is 112 Å². The zero-order valence-corrected chi connectivity index (χ0v) is 11.5. The predicted octanol–water partition coefficient (Wildman–Crippen LogP) is 3.47. The zero-order chi connectivity index (χ0) is 12.4. The first-order valence-corrected chi connectivity index (χ1v) is 7.42. The molecule has 1 aliphatic heterocycles. The quantitative estimate of drug-likeness (QED) is 0.912. The van der Waals surface area contributed by atoms with E-state index in [0.717, 1.165) is 13.0 Å². The first-order chi connectivity index (χ1) is 8.81. The number of nitrogens with zero attached hydrogens (tertiary/aromatic N) is 1. The molecule has 0 bridgehead atoms. The minimum absolute atomic E-state index is 0.494. The van der Waals surface area contributed by atoms with E-state index in [4.69, 9.17) is 4.98 Å². The van der Waals surface area contributed by atoms with E-state index in [1.807, 2.05) is 0 Å². The summed E-state index contributed by atoms with van der Waals surface area (Å²) in [5.74, 6) is 0. The molecular formula is C15H18N2S. The van der Waals surface area contributed by atoms with Crippen molar-refractivity contribution in [1.29, 1.82) is 0 Å². The van der Waals surface area contributed by atoms with Crippen LogP contribution in [0.15, 0.2) is 29.6 Å². The molecule has 1 atom stereocenters. The second-order valence-electron chi connectivity index (χ2n) is 4.98. The number of hydrogen-bond donors (Lipinski definition) is 1. The van der Waals surface area contributed by atoms with Crippen LogP contribution in [0.5, 0.6) is 0 Å². The van der Waals surface area contributed by atoms with E-state index in [1.54, 1.807) is 11.3 Å². The molecule has 1 N–H and O–H groups in total. The third-order valence-corrected chi connectivity index (χ3v) is 4.33. The average Bonchev–Trinajstić information content (AvgIpc) is 3.02. The molecule has 0 aliphatic carbocycles. The molecule has 1 aromatic heterocycles. The molecule has 0 spiro atoms. The maximum atomic E-state index is 4.77. The van der Waals surface area contributed by atoms with Crippen molar-refractivity contribution in [3.05, 3.63) is 51.5 Å². The fourth-order valence-electron chi connectivity index (χ4n) is 2.38. The number of benzene rings is 1. The lowest BCUT2D eigenvalue weighted by molar-refractivity contribution is 0.630. The second-order valence-corrected chi connectivity index (χ2v) is 5.92. The summed E-state index contributed by atoms with van der Waals surface area (Å²) in [5, 5.41) is 6.94. The SMILES string of the molecule is Cc1ccc(Cc2nc([C@@H]3CCCN3)cs2)cc1. The van der Waals surface area contributed by atoms with Gasteiger partial charge in [-0.05, 0) is 31.9 Å². The molecule has 0 amide bonds. The molecule has 1 fully saturated rings. The lowest BCUT2D eigenvalue weighted by atomic mass is 10.1. The highest BCUT2D eigenvalue weighted by molar-refractivity contribution is 7.09. The minimum Gasteiger partial charge on any atom is -0.309 e. The van der Waals surface area contributed by atoms with Crippen LogP contribution >= 0.6 is 11.3 Å². The van der Waals surface area contributed by atoms with Gasteiger partial charge in [-0.25, -0.2) is 4.98 Å². The van der Waals surface area contributed by atoms with Crippen LogP contribution < -0.4 is 5.32 Å². The van der Waals surface area contributed by atoms with Crippen molar-refractivity contribution in [2.75, 3.05) is 6.54 Å². The number of rotatable bonds is 3. The standard InChI is InChI=1S/C15H18N2S/c1-11-4-6-12(7-5-11)9-15-17-14(10-18-15)13-3-2-8-16-13/h4-7,10,13,16H,2-3,8-9H2,1H3/t13-/m0/s1. The molecule has 1 aliphatic rings. The van der Waals surface area contributed by atoms with Crippen LogP contribution in [0.3, 0.4) is 0 Å². The summed E-state index contributed by atoms with van der Waals surface area (Å²) in [6.07, 6.45) is 3.46. The average molecular weight is 258 g/mol. The van der Waals surface area contributed by atoms with Gasteiger partial charge in [0, 0.05) is 11.8 Å². The van der Waals surface area contributed by atoms with Crippen molar-refractivity contribution in [2.24, 2.45) is 0 Å². The summed E-state index contributed by atoms with van der Waals surface area (Å²) < 4.78 is 0. The number of hydrogen-bond acceptors (Lipinski definition) is 3. The number of thiazole rings is 1. The Morgan fingerprint density at radius 1 is 1.33 bits per heavy atom. The Morgan fingerprint density at radius 2 is 2.17 bits per heavy atom. The Kier molecular flexibility index (Phi) is 3.43. The van der Waals surface area contributed by atoms with Crippen molar-refractivity contribution in [2.45, 2.75) is 32.2 Å². The molecule has 2 aromatic rings. The zero-order valence-electron chi connectivity index (χ0n) is 10.6. The van der Waals surface area contributed by atoms with Gasteiger partial charge in [-0.3, -0.25) is 0 Å². The Hall–Kier alpha value is -1.19. The highest BCUT2D eigenvalue weighted by Crippen LogP contribution is 2.25. The Morgan fingerprint density at radius 3 is 2.89 bits per heavy atom. The topological polar surface area (TPSA) is 24.9 Å². The summed E-state index contributed by atoms with van der Waals surface area (Å²) in [6, 6.07) is 9.23. The van der Waals surface area contributed by atoms with Crippen LogP contribution in [-0.2, 0) is 6.42 Å². The monoisotopic (exact) mass is 258 g/mol. The van der Waals surface area contributed by atoms with E-state index in [1.165, 1.54) is 34.7 Å². The Bertz CT molecular complexity index is 510. The van der Waals surface area contributed by atoms with Gasteiger partial charge in [-0.2, -0.15) is 0 Å². The van der Waals surface area contributed by atoms with Gasteiger partial charge in [0.25, 0.3) is 0 Å². The molecule has 2 nitrogen and oxygen atoms in total. The summed E-state index contributed by atoms with van der Waals surface area (Å²) in [7, 11) is 0. The largest absolute Gasteiger partial charge is 0.309 e. The van der Waals surface area contributed by atoms with Crippen LogP contribution in [0.2, 0.25) is 0 Å². The maximum absolute atomic E-state index is 4.77. The third kappa shape index (κ3) is 2.62. The van der Waals surface area contributed by atoms with Gasteiger partial charge in [0.05, 0.1) is 16.7 Å². The molecule has 18 heavy (non-hydrogen) atoms. The van der Waals surface area contributed by atoms with Crippen molar-refractivity contribution < 1.29 is 0 Å². The third-order valence-electron chi connectivity index (χ3n) is 3.46. The summed E-state index contributed by atoms with van der Waals surface area (Å²) in [4.78, 5) is 4.77. The van der Waals surface area contributed by atoms with E-state index < -0.39 is 0 Å². The first kappa shape index (κ1) is 11.9. The van der Waals surface area contributed by atoms with Crippen LogP contribution in [-0.4, -0.2) is 11.5 Å². The summed E-state index contributed by atoms with van der Waals surface area (Å²) in [5.41, 5.74) is 3.90. The number of nitrogens with one attached hydrogen (secondary N) is 1. The van der Waals surface area contributed by atoms with Gasteiger partial charge in [-0.15, -0.1) is 11.3 Å². The molecule has 0 saturated carbocycles. The van der Waals surface area contributed by atoms with E-state index in [-0.39, 0.29) is 0 Å². The number of aryl methyl sites for hydroxylation is 1. The molecule has 0 unspecified atom stereocenters. The molecule has 1 saturated heterocycles. The van der Waals surface area contributed by atoms with Crippen LogP contribution in [0.4, 0.5) is 0 Å². The van der Waals surface area contributed by atoms with Gasteiger partial charge in [0.15, 0.2) is 0 Å². The lowest BCUT2D eigenvalue weighted by Crippen LogP contribution is -2.13. The highest BCUT2D eigenvalue weighted by Gasteiger charge is 2.18. The van der Waals surface area contributed by atoms with Crippen LogP contribution in [0.1, 0.15) is 40.7 Å².